The maximum Gasteiger partial charge on any atom is 0.386 e. The molecule has 10 atom stereocenters. The number of imidazole rings is 1. The highest BCUT2D eigenvalue weighted by molar-refractivity contribution is 8.44. The van der Waals surface area contributed by atoms with Gasteiger partial charge in [0.15, 0.2) is 51.7 Å². The highest BCUT2D eigenvalue weighted by Crippen LogP contribution is 2.60. The second-order valence-corrected chi connectivity index (χ2v) is 37.4. The number of anilines is 2. The van der Waals surface area contributed by atoms with Crippen LogP contribution in [-0.2, 0) is 57.6 Å². The number of aromatic nitrogens is 7. The Morgan fingerprint density at radius 2 is 1.52 bits per heavy atom. The van der Waals surface area contributed by atoms with E-state index in [0.29, 0.717) is 5.56 Å². The molecule has 0 aliphatic carbocycles. The van der Waals surface area contributed by atoms with Crippen LogP contribution in [0, 0.1) is 5.92 Å². The Hall–Kier alpha value is -3.42. The van der Waals surface area contributed by atoms with E-state index < -0.39 is 126 Å². The molecule has 8 rings (SSSR count). The third kappa shape index (κ3) is 11.6. The Bertz CT molecular complexity index is 3130. The Morgan fingerprint density at radius 3 is 2.16 bits per heavy atom. The van der Waals surface area contributed by atoms with Crippen molar-refractivity contribution in [3.63, 3.8) is 0 Å². The van der Waals surface area contributed by atoms with Gasteiger partial charge in [0, 0.05) is 11.5 Å². The fraction of sp³-hybridized carbons (Fsp3) is 0.581. The van der Waals surface area contributed by atoms with Crippen molar-refractivity contribution in [3.05, 3.63) is 68.6 Å². The molecule has 2 amide bonds. The molecule has 3 saturated heterocycles. The van der Waals surface area contributed by atoms with Crippen LogP contribution in [0.2, 0.25) is 36.3 Å². The summed E-state index contributed by atoms with van der Waals surface area (Å²) in [5.41, 5.74) is -0.371. The number of H-pyrrole nitrogens is 1. The maximum absolute atomic E-state index is 14.9. The molecule has 2 unspecified atom stereocenters. The molecular weight excluding hydrogens is 1080 g/mol. The van der Waals surface area contributed by atoms with Crippen molar-refractivity contribution < 1.29 is 55.5 Å². The van der Waals surface area contributed by atoms with Crippen molar-refractivity contribution in [1.29, 1.82) is 0 Å². The van der Waals surface area contributed by atoms with Crippen LogP contribution in [0.5, 0.6) is 0 Å². The van der Waals surface area contributed by atoms with Crippen LogP contribution in [0.4, 0.5) is 11.8 Å². The predicted octanol–water partition coefficient (Wildman–Crippen LogP) is 7.48. The van der Waals surface area contributed by atoms with Gasteiger partial charge >= 0.3 is 18.4 Å². The Morgan fingerprint density at radius 1 is 0.890 bits per heavy atom. The molecule has 23 nitrogen and oxygen atoms in total. The number of nitrogens with zero attached hydrogens (tertiary/aromatic N) is 6. The first-order chi connectivity index (χ1) is 33.9. The van der Waals surface area contributed by atoms with Gasteiger partial charge in [-0.05, 0) is 60.2 Å². The molecule has 398 valence electrons. The van der Waals surface area contributed by atoms with Crippen molar-refractivity contribution in [2.75, 3.05) is 23.8 Å². The number of thiol groups is 1. The number of hydrogen-bond donors (Lipinski definition) is 5. The zero-order chi connectivity index (χ0) is 53.4. The smallest absolute Gasteiger partial charge is 0.386 e. The summed E-state index contributed by atoms with van der Waals surface area (Å²) in [6.45, 7) is 13.3. The molecular formula is C43H61N9O14P2S3Si2. The van der Waals surface area contributed by atoms with Crippen LogP contribution in [0.25, 0.3) is 21.5 Å². The predicted molar refractivity (Wildman–Crippen MR) is 284 cm³/mol. The minimum absolute atomic E-state index is 0.0335. The van der Waals surface area contributed by atoms with E-state index in [-0.39, 0.29) is 38.3 Å². The lowest BCUT2D eigenvalue weighted by Crippen LogP contribution is -2.50. The maximum atomic E-state index is 14.9. The molecule has 5 aromatic rings. The summed E-state index contributed by atoms with van der Waals surface area (Å²) < 4.78 is 70.4. The molecule has 0 spiro atoms. The summed E-state index contributed by atoms with van der Waals surface area (Å²) in [6, 6.07) is 8.48. The number of amides is 2. The second-order valence-electron chi connectivity index (χ2n) is 21.3. The molecule has 4 aromatic heterocycles. The van der Waals surface area contributed by atoms with Gasteiger partial charge in [-0.25, -0.2) is 19.5 Å². The van der Waals surface area contributed by atoms with E-state index in [2.05, 4.69) is 47.8 Å². The first-order valence-electron chi connectivity index (χ1n) is 23.4. The van der Waals surface area contributed by atoms with Crippen LogP contribution in [0.3, 0.4) is 0 Å². The van der Waals surface area contributed by atoms with Crippen molar-refractivity contribution in [1.82, 2.24) is 34.1 Å². The van der Waals surface area contributed by atoms with Crippen molar-refractivity contribution in [3.8, 4) is 0 Å². The molecule has 3 fully saturated rings. The van der Waals surface area contributed by atoms with Crippen LogP contribution >= 0.6 is 37.1 Å². The fourth-order valence-electron chi connectivity index (χ4n) is 7.73. The molecule has 0 saturated carbocycles. The third-order valence-electron chi connectivity index (χ3n) is 13.8. The number of carbonyl (C=O) groups excluding carboxylic acids is 2. The number of nitrogens with one attached hydrogen (secondary N) is 3. The van der Waals surface area contributed by atoms with Crippen LogP contribution in [-0.4, -0.2) is 117 Å². The van der Waals surface area contributed by atoms with Gasteiger partial charge in [0.1, 0.15) is 47.7 Å². The lowest BCUT2D eigenvalue weighted by Gasteiger charge is -2.41. The first kappa shape index (κ1) is 55.8. The molecule has 3 aliphatic rings. The van der Waals surface area contributed by atoms with Crippen LogP contribution in [0.1, 0.15) is 78.2 Å². The SMILES string of the molecule is CC(C)C(=O)Nc1nc2c(ncn2[C@@H]2O[C@@H]3COP(O)(=S)O[C@H]4[C@@H](O[Si](C)(C)C(C)(C)C)[C@H](n5c(=O)sc6c(NC(=O)c7ccccc7)ncnc65)O[C@@H]4COP(=O)(S)O[C@@H]2[C@@H]3O[Si](C)(C)C(C)(C)C)c(=O)[nH]1. The minimum Gasteiger partial charge on any atom is -0.408 e. The number of benzene rings is 1. The number of fused-ring (bicyclic) bond motifs is 5. The standard InChI is InChI=1S/C43H61N9O14P2S3Si2/c1-22(2)35(53)49-40-48-33-26(37(55)50-40)46-21-51(33)38-29-28(65-72(9,10)42(3,4)5)25(61-38)19-60-67(57,69)63-27-24(18-59-68(58,70)64-29)62-39(30(27)66-73(11,12)43(6,7)8)52-34-31(71-41(52)56)32(44-20-45-34)47-36(54)23-16-14-13-15-17-23/h13-17,20-22,24-25,27-30,38-39H,18-19H2,1-12H3,(H,57,69)(H,58,70)(H,44,45,47,54)(H2,48,49,50,53,55)/t24-,25-,27-,28-,29-,30-,38-,39-,67?,68?/m1/s1. The van der Waals surface area contributed by atoms with Gasteiger partial charge in [-0.3, -0.25) is 52.2 Å². The average molecular weight is 1140 g/mol. The van der Waals surface area contributed by atoms with Crippen molar-refractivity contribution in [2.24, 2.45) is 5.92 Å². The number of carbonyl (C=O) groups is 2. The van der Waals surface area contributed by atoms with Crippen molar-refractivity contribution in [2.45, 2.75) is 141 Å². The Balaban J connectivity index is 1.20. The third-order valence-corrected chi connectivity index (χ3v) is 26.8. The summed E-state index contributed by atoms with van der Waals surface area (Å²) in [5, 5.41) is 4.58. The molecule has 2 bridgehead atoms. The van der Waals surface area contributed by atoms with E-state index in [1.165, 1.54) is 21.8 Å². The van der Waals surface area contributed by atoms with Crippen LogP contribution in [0.15, 0.2) is 52.6 Å². The summed E-state index contributed by atoms with van der Waals surface area (Å²) in [5.74, 6) is -1.42. The van der Waals surface area contributed by atoms with E-state index in [1.54, 1.807) is 44.2 Å². The van der Waals surface area contributed by atoms with Gasteiger partial charge in [-0.2, -0.15) is 4.98 Å². The van der Waals surface area contributed by atoms with Gasteiger partial charge in [0.05, 0.1) is 19.5 Å². The van der Waals surface area contributed by atoms with E-state index in [1.807, 2.05) is 67.7 Å². The van der Waals surface area contributed by atoms with E-state index >= 15 is 0 Å². The zero-order valence-electron chi connectivity index (χ0n) is 42.2. The highest BCUT2D eigenvalue weighted by Gasteiger charge is 2.57. The summed E-state index contributed by atoms with van der Waals surface area (Å²) in [7, 11) is -5.67. The quantitative estimate of drug-likeness (QED) is 0.0515. The number of thiazole rings is 1. The molecule has 7 heterocycles. The van der Waals surface area contributed by atoms with E-state index in [4.69, 9.17) is 48.2 Å². The van der Waals surface area contributed by atoms with Crippen LogP contribution < -0.4 is 21.1 Å². The van der Waals surface area contributed by atoms with Gasteiger partial charge in [0.2, 0.25) is 11.9 Å². The van der Waals surface area contributed by atoms with Gasteiger partial charge in [0.25, 0.3) is 11.5 Å². The monoisotopic (exact) mass is 1140 g/mol. The largest absolute Gasteiger partial charge is 0.408 e. The van der Waals surface area contributed by atoms with Gasteiger partial charge in [-0.1, -0.05) is 97.2 Å². The number of ether oxygens (including phenoxy) is 2. The Labute approximate surface area is 437 Å². The topological polar surface area (TPSA) is 281 Å². The molecule has 1 aromatic carbocycles. The van der Waals surface area contributed by atoms with Gasteiger partial charge in [-0.15, -0.1) is 0 Å². The Kier molecular flexibility index (Phi) is 15.7. The van der Waals surface area contributed by atoms with Crippen molar-refractivity contribution >= 4 is 111 Å². The summed E-state index contributed by atoms with van der Waals surface area (Å²) >= 11 is 11.0. The minimum atomic E-state index is -4.58. The first-order valence-corrected chi connectivity index (χ1v) is 35.3. The lowest BCUT2D eigenvalue weighted by molar-refractivity contribution is -0.118. The lowest BCUT2D eigenvalue weighted by atomic mass is 10.1. The number of rotatable bonds is 10. The number of aromatic amines is 1. The second kappa shape index (κ2) is 20.5. The fourth-order valence-corrected chi connectivity index (χ4v) is 14.1. The molecule has 0 radical (unpaired) electrons. The average Bonchev–Trinajstić information content (AvgIpc) is 4.03. The normalized spacial score (nSPS) is 28.6. The molecule has 4 N–H and O–H groups in total. The molecule has 3 aliphatic heterocycles. The summed E-state index contributed by atoms with van der Waals surface area (Å²) in [4.78, 5) is 85.4. The molecule has 30 heteroatoms. The number of hydrogen-bond acceptors (Lipinski definition) is 19. The van der Waals surface area contributed by atoms with E-state index in [0.717, 1.165) is 11.3 Å². The van der Waals surface area contributed by atoms with Gasteiger partial charge < -0.3 is 33.1 Å². The van der Waals surface area contributed by atoms with E-state index in [9.17, 15) is 28.6 Å². The molecule has 73 heavy (non-hydrogen) atoms. The highest BCUT2D eigenvalue weighted by atomic mass is 32.7. The summed E-state index contributed by atoms with van der Waals surface area (Å²) in [6.07, 6.45) is -7.73. The zero-order valence-corrected chi connectivity index (χ0v) is 48.6.